The first-order valence-corrected chi connectivity index (χ1v) is 7.76. The Hall–Kier alpha value is -0.380. The number of thioether (sulfide) groups is 1. The van der Waals surface area contributed by atoms with E-state index < -0.39 is 6.10 Å². The summed E-state index contributed by atoms with van der Waals surface area (Å²) in [5, 5.41) is 11.6. The lowest BCUT2D eigenvalue weighted by Gasteiger charge is -2.17. The molecule has 0 saturated heterocycles. The monoisotopic (exact) mass is 286 g/mol. The third-order valence-corrected chi connectivity index (χ3v) is 5.03. The first-order chi connectivity index (χ1) is 8.70. The van der Waals surface area contributed by atoms with Gasteiger partial charge in [0.1, 0.15) is 5.75 Å². The summed E-state index contributed by atoms with van der Waals surface area (Å²) >= 11 is 7.84. The van der Waals surface area contributed by atoms with Crippen LogP contribution in [0.5, 0.6) is 5.75 Å². The van der Waals surface area contributed by atoms with Crippen LogP contribution in [0, 0.1) is 0 Å². The number of hydrogen-bond donors (Lipinski definition) is 1. The van der Waals surface area contributed by atoms with Gasteiger partial charge in [0.15, 0.2) is 0 Å². The van der Waals surface area contributed by atoms with E-state index in [0.717, 1.165) is 5.56 Å². The second-order valence-electron chi connectivity index (χ2n) is 4.64. The molecule has 1 aromatic rings. The van der Waals surface area contributed by atoms with Crippen molar-refractivity contribution in [2.24, 2.45) is 0 Å². The Morgan fingerprint density at radius 3 is 2.83 bits per heavy atom. The van der Waals surface area contributed by atoms with Crippen molar-refractivity contribution in [1.29, 1.82) is 0 Å². The average Bonchev–Trinajstić information content (AvgIpc) is 2.89. The Morgan fingerprint density at radius 1 is 1.44 bits per heavy atom. The quantitative estimate of drug-likeness (QED) is 0.885. The molecular weight excluding hydrogens is 268 g/mol. The number of benzene rings is 1. The minimum Gasteiger partial charge on any atom is -0.496 e. The molecule has 1 saturated carbocycles. The molecule has 0 radical (unpaired) electrons. The molecule has 0 aliphatic heterocycles. The third-order valence-electron chi connectivity index (χ3n) is 3.34. The van der Waals surface area contributed by atoms with Crippen molar-refractivity contribution in [3.05, 3.63) is 28.8 Å². The Labute approximate surface area is 118 Å². The van der Waals surface area contributed by atoms with Gasteiger partial charge < -0.3 is 9.84 Å². The molecule has 1 unspecified atom stereocenters. The van der Waals surface area contributed by atoms with E-state index in [0.29, 0.717) is 21.8 Å². The molecule has 1 fully saturated rings. The Balaban J connectivity index is 1.98. The van der Waals surface area contributed by atoms with Gasteiger partial charge in [-0.05, 0) is 31.0 Å². The third kappa shape index (κ3) is 3.56. The minimum atomic E-state index is -0.510. The lowest BCUT2D eigenvalue weighted by Crippen LogP contribution is -2.06. The van der Waals surface area contributed by atoms with Crippen LogP contribution in [0.2, 0.25) is 5.02 Å². The van der Waals surface area contributed by atoms with Gasteiger partial charge in [0.05, 0.1) is 13.2 Å². The van der Waals surface area contributed by atoms with E-state index >= 15 is 0 Å². The molecular formula is C14H19ClO2S. The summed E-state index contributed by atoms with van der Waals surface area (Å²) in [7, 11) is 1.61. The minimum absolute atomic E-state index is 0.510. The lowest BCUT2D eigenvalue weighted by molar-refractivity contribution is 0.199. The van der Waals surface area contributed by atoms with Crippen LogP contribution in [0.25, 0.3) is 0 Å². The smallest absolute Gasteiger partial charge is 0.124 e. The maximum Gasteiger partial charge on any atom is 0.124 e. The molecule has 100 valence electrons. The first kappa shape index (κ1) is 14.0. The van der Waals surface area contributed by atoms with Crippen LogP contribution >= 0.6 is 23.4 Å². The SMILES string of the molecule is COc1ccc(Cl)cc1C(O)CSC1CCCC1. The molecule has 0 amide bonds. The van der Waals surface area contributed by atoms with Crippen molar-refractivity contribution >= 4 is 23.4 Å². The normalized spacial score (nSPS) is 17.9. The Kier molecular flexibility index (Phi) is 5.22. The van der Waals surface area contributed by atoms with Crippen LogP contribution in [0.15, 0.2) is 18.2 Å². The molecule has 0 spiro atoms. The largest absolute Gasteiger partial charge is 0.496 e. The molecule has 18 heavy (non-hydrogen) atoms. The fourth-order valence-corrected chi connectivity index (χ4v) is 3.82. The Morgan fingerprint density at radius 2 is 2.17 bits per heavy atom. The molecule has 0 heterocycles. The Bertz CT molecular complexity index is 391. The number of rotatable bonds is 5. The topological polar surface area (TPSA) is 29.5 Å². The molecule has 1 aliphatic rings. The summed E-state index contributed by atoms with van der Waals surface area (Å²) in [4.78, 5) is 0. The predicted octanol–water partition coefficient (Wildman–Crippen LogP) is 4.06. The van der Waals surface area contributed by atoms with E-state index in [9.17, 15) is 5.11 Å². The summed E-state index contributed by atoms with van der Waals surface area (Å²) in [5.41, 5.74) is 0.787. The second kappa shape index (κ2) is 6.69. The molecule has 1 aliphatic carbocycles. The molecule has 0 aromatic heterocycles. The summed E-state index contributed by atoms with van der Waals surface area (Å²) < 4.78 is 5.27. The van der Waals surface area contributed by atoms with Crippen LogP contribution in [0.3, 0.4) is 0 Å². The van der Waals surface area contributed by atoms with Crippen LogP contribution in [0.1, 0.15) is 37.4 Å². The van der Waals surface area contributed by atoms with Crippen LogP contribution < -0.4 is 4.74 Å². The molecule has 1 aromatic carbocycles. The number of hydrogen-bond acceptors (Lipinski definition) is 3. The van der Waals surface area contributed by atoms with Crippen LogP contribution in [0.4, 0.5) is 0 Å². The summed E-state index contributed by atoms with van der Waals surface area (Å²) in [6.07, 6.45) is 4.71. The number of ether oxygens (including phenoxy) is 1. The predicted molar refractivity (Wildman–Crippen MR) is 77.7 cm³/mol. The van der Waals surface area contributed by atoms with Gasteiger partial charge in [-0.25, -0.2) is 0 Å². The highest BCUT2D eigenvalue weighted by Crippen LogP contribution is 2.35. The first-order valence-electron chi connectivity index (χ1n) is 6.34. The zero-order valence-electron chi connectivity index (χ0n) is 10.6. The van der Waals surface area contributed by atoms with Crippen molar-refractivity contribution in [2.45, 2.75) is 37.0 Å². The van der Waals surface area contributed by atoms with E-state index in [1.165, 1.54) is 25.7 Å². The molecule has 1 N–H and O–H groups in total. The van der Waals surface area contributed by atoms with Gasteiger partial charge in [0, 0.05) is 21.6 Å². The zero-order valence-corrected chi connectivity index (χ0v) is 12.1. The highest BCUT2D eigenvalue weighted by Gasteiger charge is 2.19. The van der Waals surface area contributed by atoms with Crippen molar-refractivity contribution < 1.29 is 9.84 Å². The molecule has 0 bridgehead atoms. The summed E-state index contributed by atoms with van der Waals surface area (Å²) in [6.45, 7) is 0. The van der Waals surface area contributed by atoms with Crippen molar-refractivity contribution in [3.8, 4) is 5.75 Å². The van der Waals surface area contributed by atoms with E-state index in [4.69, 9.17) is 16.3 Å². The molecule has 2 rings (SSSR count). The van der Waals surface area contributed by atoms with Crippen molar-refractivity contribution in [3.63, 3.8) is 0 Å². The van der Waals surface area contributed by atoms with Crippen LogP contribution in [-0.2, 0) is 0 Å². The van der Waals surface area contributed by atoms with Gasteiger partial charge in [0.2, 0.25) is 0 Å². The standard InChI is InChI=1S/C14H19ClO2S/c1-17-14-7-6-10(15)8-12(14)13(16)9-18-11-4-2-3-5-11/h6-8,11,13,16H,2-5,9H2,1H3. The van der Waals surface area contributed by atoms with Gasteiger partial charge >= 0.3 is 0 Å². The van der Waals surface area contributed by atoms with Gasteiger partial charge in [0.25, 0.3) is 0 Å². The van der Waals surface area contributed by atoms with Crippen molar-refractivity contribution in [1.82, 2.24) is 0 Å². The molecule has 2 nitrogen and oxygen atoms in total. The fraction of sp³-hybridized carbons (Fsp3) is 0.571. The van der Waals surface area contributed by atoms with E-state index in [-0.39, 0.29) is 0 Å². The second-order valence-corrected chi connectivity index (χ2v) is 6.41. The number of aliphatic hydroxyl groups is 1. The van der Waals surface area contributed by atoms with E-state index in [2.05, 4.69) is 0 Å². The van der Waals surface area contributed by atoms with E-state index in [1.54, 1.807) is 25.3 Å². The number of aliphatic hydroxyl groups excluding tert-OH is 1. The van der Waals surface area contributed by atoms with Gasteiger partial charge in [-0.3, -0.25) is 0 Å². The summed E-state index contributed by atoms with van der Waals surface area (Å²) in [5.74, 6) is 1.42. The number of methoxy groups -OCH3 is 1. The fourth-order valence-electron chi connectivity index (χ4n) is 2.34. The summed E-state index contributed by atoms with van der Waals surface area (Å²) in [6, 6.07) is 5.38. The molecule has 1 atom stereocenters. The lowest BCUT2D eigenvalue weighted by atomic mass is 10.1. The molecule has 4 heteroatoms. The van der Waals surface area contributed by atoms with Gasteiger partial charge in [-0.2, -0.15) is 11.8 Å². The average molecular weight is 287 g/mol. The highest BCUT2D eigenvalue weighted by atomic mass is 35.5. The number of halogens is 1. The highest BCUT2D eigenvalue weighted by molar-refractivity contribution is 7.99. The maximum absolute atomic E-state index is 10.3. The van der Waals surface area contributed by atoms with Gasteiger partial charge in [-0.1, -0.05) is 24.4 Å². The van der Waals surface area contributed by atoms with Crippen LogP contribution in [-0.4, -0.2) is 23.2 Å². The van der Waals surface area contributed by atoms with Crippen molar-refractivity contribution in [2.75, 3.05) is 12.9 Å². The van der Waals surface area contributed by atoms with Gasteiger partial charge in [-0.15, -0.1) is 0 Å². The van der Waals surface area contributed by atoms with E-state index in [1.807, 2.05) is 11.8 Å². The maximum atomic E-state index is 10.3. The zero-order chi connectivity index (χ0) is 13.0.